The second kappa shape index (κ2) is 8.52. The van der Waals surface area contributed by atoms with Crippen molar-refractivity contribution < 1.29 is 22.4 Å². The average Bonchev–Trinajstić information content (AvgIpc) is 3.11. The molecule has 2 aromatic rings. The second-order valence-electron chi connectivity index (χ2n) is 6.61. The second-order valence-corrected chi connectivity index (χ2v) is 8.72. The summed E-state index contributed by atoms with van der Waals surface area (Å²) in [6.07, 6.45) is 1.25. The molecule has 0 aromatic heterocycles. The lowest BCUT2D eigenvalue weighted by atomic mass is 10.2. The maximum absolute atomic E-state index is 12.9. The summed E-state index contributed by atoms with van der Waals surface area (Å²) >= 11 is 0. The number of hydrogen-bond acceptors (Lipinski definition) is 4. The average molecular weight is 404 g/mol. The quantitative estimate of drug-likeness (QED) is 0.719. The minimum absolute atomic E-state index is 0.00579. The highest BCUT2D eigenvalue weighted by Crippen LogP contribution is 2.21. The molecule has 1 fully saturated rings. The Labute approximate surface area is 163 Å². The molecule has 0 atom stereocenters. The van der Waals surface area contributed by atoms with Gasteiger partial charge in [0.2, 0.25) is 11.8 Å². The highest BCUT2D eigenvalue weighted by molar-refractivity contribution is 7.91. The number of nitrogens with one attached hydrogen (secondary N) is 1. The Hall–Kier alpha value is -2.74. The van der Waals surface area contributed by atoms with E-state index in [9.17, 15) is 22.4 Å². The van der Waals surface area contributed by atoms with Crippen molar-refractivity contribution in [2.45, 2.75) is 30.7 Å². The molecule has 6 nitrogen and oxygen atoms in total. The number of amides is 2. The largest absolute Gasteiger partial charge is 0.352 e. The van der Waals surface area contributed by atoms with Gasteiger partial charge in [-0.25, -0.2) is 12.8 Å². The summed E-state index contributed by atoms with van der Waals surface area (Å²) in [4.78, 5) is 25.5. The zero-order valence-corrected chi connectivity index (χ0v) is 16.0. The Morgan fingerprint density at radius 2 is 1.75 bits per heavy atom. The maximum atomic E-state index is 12.9. The van der Waals surface area contributed by atoms with E-state index in [1.807, 2.05) is 24.3 Å². The van der Waals surface area contributed by atoms with Crippen LogP contribution in [0.5, 0.6) is 0 Å². The normalized spacial score (nSPS) is 14.3. The van der Waals surface area contributed by atoms with Gasteiger partial charge < -0.3 is 10.2 Å². The first-order chi connectivity index (χ1) is 13.3. The van der Waals surface area contributed by atoms with E-state index in [4.69, 9.17) is 0 Å². The topological polar surface area (TPSA) is 83.6 Å². The Morgan fingerprint density at radius 1 is 1.07 bits per heavy atom. The van der Waals surface area contributed by atoms with Crippen molar-refractivity contribution in [2.75, 3.05) is 17.2 Å². The molecule has 1 aliphatic rings. The van der Waals surface area contributed by atoms with Crippen molar-refractivity contribution in [1.29, 1.82) is 0 Å². The number of sulfone groups is 1. The van der Waals surface area contributed by atoms with Crippen LogP contribution in [0.2, 0.25) is 0 Å². The molecule has 0 unspecified atom stereocenters. The van der Waals surface area contributed by atoms with Crippen molar-refractivity contribution in [2.24, 2.45) is 0 Å². The van der Waals surface area contributed by atoms with Crippen LogP contribution >= 0.6 is 0 Å². The summed E-state index contributed by atoms with van der Waals surface area (Å²) in [5, 5.41) is 2.69. The fourth-order valence-electron chi connectivity index (χ4n) is 2.99. The lowest BCUT2D eigenvalue weighted by Crippen LogP contribution is -2.25. The molecule has 1 aliphatic heterocycles. The third-order valence-electron chi connectivity index (χ3n) is 4.58. The van der Waals surface area contributed by atoms with Crippen molar-refractivity contribution in [3.05, 3.63) is 59.9 Å². The molecule has 2 amide bonds. The molecule has 0 saturated carbocycles. The van der Waals surface area contributed by atoms with Gasteiger partial charge in [-0.3, -0.25) is 9.59 Å². The number of rotatable bonds is 7. The Kier molecular flexibility index (Phi) is 6.08. The van der Waals surface area contributed by atoms with E-state index in [0.717, 1.165) is 36.3 Å². The summed E-state index contributed by atoms with van der Waals surface area (Å²) in [7, 11) is -3.64. The van der Waals surface area contributed by atoms with E-state index in [1.165, 1.54) is 12.1 Å². The zero-order chi connectivity index (χ0) is 20.1. The lowest BCUT2D eigenvalue weighted by molar-refractivity contribution is -0.121. The highest BCUT2D eigenvalue weighted by atomic mass is 32.2. The van der Waals surface area contributed by atoms with Gasteiger partial charge in [0, 0.05) is 31.6 Å². The number of benzene rings is 2. The molecular weight excluding hydrogens is 383 g/mol. The number of halogens is 1. The molecule has 148 valence electrons. The monoisotopic (exact) mass is 404 g/mol. The van der Waals surface area contributed by atoms with E-state index in [-0.39, 0.29) is 35.4 Å². The molecule has 1 N–H and O–H groups in total. The summed E-state index contributed by atoms with van der Waals surface area (Å²) in [6.45, 7) is 0.987. The van der Waals surface area contributed by atoms with Crippen LogP contribution < -0.4 is 10.2 Å². The smallest absolute Gasteiger partial charge is 0.227 e. The van der Waals surface area contributed by atoms with Gasteiger partial charge in [-0.1, -0.05) is 12.1 Å². The van der Waals surface area contributed by atoms with Crippen LogP contribution in [0.15, 0.2) is 53.4 Å². The molecule has 0 radical (unpaired) electrons. The van der Waals surface area contributed by atoms with E-state index < -0.39 is 15.7 Å². The minimum atomic E-state index is -3.64. The van der Waals surface area contributed by atoms with Crippen LogP contribution in [-0.2, 0) is 26.0 Å². The van der Waals surface area contributed by atoms with Gasteiger partial charge in [0.15, 0.2) is 9.84 Å². The molecule has 0 aliphatic carbocycles. The first kappa shape index (κ1) is 20.0. The fourth-order valence-corrected chi connectivity index (χ4v) is 4.23. The minimum Gasteiger partial charge on any atom is -0.352 e. The Bertz CT molecular complexity index is 957. The van der Waals surface area contributed by atoms with Gasteiger partial charge >= 0.3 is 0 Å². The molecule has 1 saturated heterocycles. The summed E-state index contributed by atoms with van der Waals surface area (Å²) in [6, 6.07) is 11.9. The van der Waals surface area contributed by atoms with Crippen molar-refractivity contribution in [3.8, 4) is 0 Å². The standard InChI is InChI=1S/C20H21FN2O4S/c21-16-5-9-18(10-6-16)28(26,27)13-11-19(24)22-14-15-3-7-17(8-4-15)23-12-1-2-20(23)25/h3-10H,1-2,11-14H2,(H,22,24). The molecule has 28 heavy (non-hydrogen) atoms. The van der Waals surface area contributed by atoms with E-state index in [0.29, 0.717) is 6.42 Å². The van der Waals surface area contributed by atoms with Gasteiger partial charge in [-0.2, -0.15) is 0 Å². The van der Waals surface area contributed by atoms with Crippen molar-refractivity contribution >= 4 is 27.3 Å². The number of hydrogen-bond donors (Lipinski definition) is 1. The molecule has 1 heterocycles. The number of anilines is 1. The molecular formula is C20H21FN2O4S. The van der Waals surface area contributed by atoms with E-state index in [1.54, 1.807) is 4.90 Å². The van der Waals surface area contributed by atoms with Crippen LogP contribution in [0, 0.1) is 5.82 Å². The van der Waals surface area contributed by atoms with Crippen LogP contribution in [0.25, 0.3) is 0 Å². The van der Waals surface area contributed by atoms with Crippen LogP contribution in [-0.4, -0.2) is 32.5 Å². The first-order valence-corrected chi connectivity index (χ1v) is 10.6. The third-order valence-corrected chi connectivity index (χ3v) is 6.31. The predicted octanol–water partition coefficient (Wildman–Crippen LogP) is 2.43. The van der Waals surface area contributed by atoms with Crippen LogP contribution in [0.1, 0.15) is 24.8 Å². The SMILES string of the molecule is O=C(CCS(=O)(=O)c1ccc(F)cc1)NCc1ccc(N2CCCC2=O)cc1. The number of carbonyl (C=O) groups is 2. The Morgan fingerprint density at radius 3 is 2.36 bits per heavy atom. The van der Waals surface area contributed by atoms with E-state index in [2.05, 4.69) is 5.32 Å². The predicted molar refractivity (Wildman–Crippen MR) is 103 cm³/mol. The summed E-state index contributed by atoms with van der Waals surface area (Å²) in [5.41, 5.74) is 1.69. The van der Waals surface area contributed by atoms with Crippen molar-refractivity contribution in [1.82, 2.24) is 5.32 Å². The molecule has 2 aromatic carbocycles. The number of nitrogens with zero attached hydrogens (tertiary/aromatic N) is 1. The zero-order valence-electron chi connectivity index (χ0n) is 15.2. The summed E-state index contributed by atoms with van der Waals surface area (Å²) < 4.78 is 37.3. The Balaban J connectivity index is 1.49. The van der Waals surface area contributed by atoms with Gasteiger partial charge in [0.05, 0.1) is 10.6 Å². The van der Waals surface area contributed by atoms with Gasteiger partial charge in [0.1, 0.15) is 5.82 Å². The van der Waals surface area contributed by atoms with Gasteiger partial charge in [-0.15, -0.1) is 0 Å². The van der Waals surface area contributed by atoms with E-state index >= 15 is 0 Å². The van der Waals surface area contributed by atoms with Crippen LogP contribution in [0.4, 0.5) is 10.1 Å². The fraction of sp³-hybridized carbons (Fsp3) is 0.300. The highest BCUT2D eigenvalue weighted by Gasteiger charge is 2.21. The maximum Gasteiger partial charge on any atom is 0.227 e. The molecule has 0 bridgehead atoms. The van der Waals surface area contributed by atoms with Crippen LogP contribution in [0.3, 0.4) is 0 Å². The van der Waals surface area contributed by atoms with Gasteiger partial charge in [-0.05, 0) is 48.4 Å². The molecule has 8 heteroatoms. The number of carbonyl (C=O) groups excluding carboxylic acids is 2. The van der Waals surface area contributed by atoms with Crippen molar-refractivity contribution in [3.63, 3.8) is 0 Å². The molecule has 3 rings (SSSR count). The summed E-state index contributed by atoms with van der Waals surface area (Å²) in [5.74, 6) is -1.13. The molecule has 0 spiro atoms. The third kappa shape index (κ3) is 4.95. The van der Waals surface area contributed by atoms with Gasteiger partial charge in [0.25, 0.3) is 0 Å². The first-order valence-electron chi connectivity index (χ1n) is 8.99. The lowest BCUT2D eigenvalue weighted by Gasteiger charge is -2.16.